The van der Waals surface area contributed by atoms with Gasteiger partial charge in [-0.3, -0.25) is 4.90 Å². The standard InChI is InChI=1S/C16H22F2N2/c17-16(18)13-5-1-4-12(10-13)11-20-9-3-7-15(20)14-6-2-8-19-14/h1,4-5,10,14-16,19H,2-3,6-9,11H2. The Morgan fingerprint density at radius 2 is 2.15 bits per heavy atom. The molecule has 110 valence electrons. The first-order valence-electron chi connectivity index (χ1n) is 7.58. The molecular weight excluding hydrogens is 258 g/mol. The maximum atomic E-state index is 12.8. The molecule has 0 spiro atoms. The van der Waals surface area contributed by atoms with Gasteiger partial charge in [-0.15, -0.1) is 0 Å². The van der Waals surface area contributed by atoms with Crippen molar-refractivity contribution >= 4 is 0 Å². The first-order valence-corrected chi connectivity index (χ1v) is 7.58. The molecule has 2 saturated heterocycles. The fourth-order valence-electron chi connectivity index (χ4n) is 3.61. The SMILES string of the molecule is FC(F)c1cccc(CN2CCCC2C2CCCN2)c1. The van der Waals surface area contributed by atoms with Gasteiger partial charge in [0.15, 0.2) is 0 Å². The van der Waals surface area contributed by atoms with Crippen molar-refractivity contribution in [1.82, 2.24) is 10.2 Å². The Bertz CT molecular complexity index is 444. The first-order chi connectivity index (χ1) is 9.74. The van der Waals surface area contributed by atoms with Gasteiger partial charge in [0.2, 0.25) is 0 Å². The van der Waals surface area contributed by atoms with E-state index in [9.17, 15) is 8.78 Å². The van der Waals surface area contributed by atoms with Crippen molar-refractivity contribution < 1.29 is 8.78 Å². The number of likely N-dealkylation sites (tertiary alicyclic amines) is 1. The molecular formula is C16H22F2N2. The van der Waals surface area contributed by atoms with Crippen molar-refractivity contribution in [2.24, 2.45) is 0 Å². The van der Waals surface area contributed by atoms with Crippen molar-refractivity contribution in [3.63, 3.8) is 0 Å². The largest absolute Gasteiger partial charge is 0.312 e. The van der Waals surface area contributed by atoms with E-state index in [2.05, 4.69) is 10.2 Å². The quantitative estimate of drug-likeness (QED) is 0.910. The van der Waals surface area contributed by atoms with Crippen LogP contribution in [0.25, 0.3) is 0 Å². The van der Waals surface area contributed by atoms with Gasteiger partial charge in [-0.1, -0.05) is 18.2 Å². The summed E-state index contributed by atoms with van der Waals surface area (Å²) in [4.78, 5) is 2.47. The van der Waals surface area contributed by atoms with Crippen molar-refractivity contribution in [2.45, 2.75) is 50.7 Å². The van der Waals surface area contributed by atoms with E-state index in [1.54, 1.807) is 12.1 Å². The van der Waals surface area contributed by atoms with Crippen molar-refractivity contribution in [1.29, 1.82) is 0 Å². The molecule has 2 aliphatic heterocycles. The predicted molar refractivity (Wildman–Crippen MR) is 75.9 cm³/mol. The highest BCUT2D eigenvalue weighted by molar-refractivity contribution is 5.24. The maximum absolute atomic E-state index is 12.8. The lowest BCUT2D eigenvalue weighted by atomic mass is 10.0. The number of hydrogen-bond donors (Lipinski definition) is 1. The summed E-state index contributed by atoms with van der Waals surface area (Å²) in [6, 6.07) is 8.04. The zero-order chi connectivity index (χ0) is 13.9. The van der Waals surface area contributed by atoms with Crippen LogP contribution in [0, 0.1) is 0 Å². The molecule has 4 heteroatoms. The van der Waals surface area contributed by atoms with Gasteiger partial charge in [0.1, 0.15) is 0 Å². The smallest absolute Gasteiger partial charge is 0.263 e. The molecule has 0 saturated carbocycles. The second kappa shape index (κ2) is 6.19. The predicted octanol–water partition coefficient (Wildman–Crippen LogP) is 3.34. The Balaban J connectivity index is 1.68. The minimum absolute atomic E-state index is 0.136. The number of alkyl halides is 2. The number of benzene rings is 1. The summed E-state index contributed by atoms with van der Waals surface area (Å²) in [7, 11) is 0. The molecule has 2 fully saturated rings. The van der Waals surface area contributed by atoms with Crippen molar-refractivity contribution in [3.05, 3.63) is 35.4 Å². The topological polar surface area (TPSA) is 15.3 Å². The lowest BCUT2D eigenvalue weighted by molar-refractivity contribution is 0.151. The van der Waals surface area contributed by atoms with E-state index in [1.807, 2.05) is 6.07 Å². The summed E-state index contributed by atoms with van der Waals surface area (Å²) in [5.41, 5.74) is 1.14. The Kier molecular flexibility index (Phi) is 4.32. The minimum atomic E-state index is -2.37. The molecule has 1 aromatic carbocycles. The molecule has 0 bridgehead atoms. The van der Waals surface area contributed by atoms with Crippen LogP contribution in [-0.2, 0) is 6.54 Å². The molecule has 1 aromatic rings. The highest BCUT2D eigenvalue weighted by Gasteiger charge is 2.32. The normalized spacial score (nSPS) is 27.6. The van der Waals surface area contributed by atoms with Gasteiger partial charge in [0.05, 0.1) is 0 Å². The third-order valence-corrected chi connectivity index (χ3v) is 4.57. The van der Waals surface area contributed by atoms with E-state index in [1.165, 1.54) is 31.7 Å². The Labute approximate surface area is 119 Å². The average molecular weight is 280 g/mol. The summed E-state index contributed by atoms with van der Waals surface area (Å²) in [5.74, 6) is 0. The second-order valence-corrected chi connectivity index (χ2v) is 5.93. The monoisotopic (exact) mass is 280 g/mol. The van der Waals surface area contributed by atoms with Crippen LogP contribution in [0.3, 0.4) is 0 Å². The summed E-state index contributed by atoms with van der Waals surface area (Å²) in [5, 5.41) is 3.58. The number of nitrogens with zero attached hydrogens (tertiary/aromatic N) is 1. The highest BCUT2D eigenvalue weighted by atomic mass is 19.3. The zero-order valence-corrected chi connectivity index (χ0v) is 11.7. The van der Waals surface area contributed by atoms with E-state index in [0.717, 1.165) is 25.2 Å². The molecule has 0 aliphatic carbocycles. The molecule has 0 amide bonds. The van der Waals surface area contributed by atoms with Crippen LogP contribution >= 0.6 is 0 Å². The fraction of sp³-hybridized carbons (Fsp3) is 0.625. The summed E-state index contributed by atoms with van der Waals surface area (Å²) in [6.45, 7) is 3.00. The van der Waals surface area contributed by atoms with Gasteiger partial charge in [0, 0.05) is 24.2 Å². The summed E-state index contributed by atoms with van der Waals surface area (Å²) in [6.07, 6.45) is 2.58. The van der Waals surface area contributed by atoms with Crippen molar-refractivity contribution in [2.75, 3.05) is 13.1 Å². The molecule has 0 radical (unpaired) electrons. The van der Waals surface area contributed by atoms with E-state index < -0.39 is 6.43 Å². The van der Waals surface area contributed by atoms with Crippen LogP contribution in [0.15, 0.2) is 24.3 Å². The summed E-state index contributed by atoms with van der Waals surface area (Å²) >= 11 is 0. The van der Waals surface area contributed by atoms with E-state index >= 15 is 0 Å². The lowest BCUT2D eigenvalue weighted by Crippen LogP contribution is -2.43. The van der Waals surface area contributed by atoms with Crippen LogP contribution in [0.4, 0.5) is 8.78 Å². The van der Waals surface area contributed by atoms with Crippen molar-refractivity contribution in [3.8, 4) is 0 Å². The van der Waals surface area contributed by atoms with Crippen LogP contribution in [0.1, 0.15) is 43.2 Å². The second-order valence-electron chi connectivity index (χ2n) is 5.93. The molecule has 2 unspecified atom stereocenters. The Morgan fingerprint density at radius 3 is 2.90 bits per heavy atom. The molecule has 2 aliphatic rings. The molecule has 0 aromatic heterocycles. The van der Waals surface area contributed by atoms with Gasteiger partial charge >= 0.3 is 0 Å². The van der Waals surface area contributed by atoms with Gasteiger partial charge in [0.25, 0.3) is 6.43 Å². The van der Waals surface area contributed by atoms with E-state index in [-0.39, 0.29) is 5.56 Å². The first kappa shape index (κ1) is 14.0. The number of hydrogen-bond acceptors (Lipinski definition) is 2. The third kappa shape index (κ3) is 3.01. The molecule has 2 atom stereocenters. The minimum Gasteiger partial charge on any atom is -0.312 e. The van der Waals surface area contributed by atoms with Gasteiger partial charge in [-0.25, -0.2) is 8.78 Å². The van der Waals surface area contributed by atoms with Gasteiger partial charge in [-0.05, 0) is 50.4 Å². The number of nitrogens with one attached hydrogen (secondary N) is 1. The highest BCUT2D eigenvalue weighted by Crippen LogP contribution is 2.27. The Morgan fingerprint density at radius 1 is 1.25 bits per heavy atom. The maximum Gasteiger partial charge on any atom is 0.263 e. The number of rotatable bonds is 4. The number of halogens is 2. The molecule has 20 heavy (non-hydrogen) atoms. The third-order valence-electron chi connectivity index (χ3n) is 4.57. The molecule has 2 nitrogen and oxygen atoms in total. The van der Waals surface area contributed by atoms with E-state index in [0.29, 0.717) is 12.1 Å². The molecule has 3 rings (SSSR count). The molecule has 2 heterocycles. The summed E-state index contributed by atoms with van der Waals surface area (Å²) < 4.78 is 25.5. The van der Waals surface area contributed by atoms with E-state index in [4.69, 9.17) is 0 Å². The van der Waals surface area contributed by atoms with Crippen LogP contribution < -0.4 is 5.32 Å². The molecule has 1 N–H and O–H groups in total. The van der Waals surface area contributed by atoms with Gasteiger partial charge < -0.3 is 5.32 Å². The average Bonchev–Trinajstić information content (AvgIpc) is 3.09. The zero-order valence-electron chi connectivity index (χ0n) is 11.7. The van der Waals surface area contributed by atoms with Crippen LogP contribution in [0.2, 0.25) is 0 Å². The lowest BCUT2D eigenvalue weighted by Gasteiger charge is -2.29. The fourth-order valence-corrected chi connectivity index (χ4v) is 3.61. The van der Waals surface area contributed by atoms with Crippen LogP contribution in [0.5, 0.6) is 0 Å². The van der Waals surface area contributed by atoms with Crippen LogP contribution in [-0.4, -0.2) is 30.1 Å². The van der Waals surface area contributed by atoms with Gasteiger partial charge in [-0.2, -0.15) is 0 Å². The Hall–Kier alpha value is -1.00.